The van der Waals surface area contributed by atoms with Crippen molar-refractivity contribution in [3.8, 4) is 0 Å². The van der Waals surface area contributed by atoms with Gasteiger partial charge in [-0.25, -0.2) is 9.59 Å². The van der Waals surface area contributed by atoms with Gasteiger partial charge in [0.2, 0.25) is 0 Å². The predicted octanol–water partition coefficient (Wildman–Crippen LogP) is -3.98. The third-order valence-corrected chi connectivity index (χ3v) is 0.715. The quantitative estimate of drug-likeness (QED) is 0.341. The van der Waals surface area contributed by atoms with Crippen molar-refractivity contribution in [2.24, 2.45) is 0 Å². The Morgan fingerprint density at radius 3 is 1.08 bits per heavy atom. The van der Waals surface area contributed by atoms with Crippen molar-refractivity contribution in [2.75, 3.05) is 0 Å². The maximum absolute atomic E-state index is 9.45. The first kappa shape index (κ1) is 18.6. The molecule has 0 amide bonds. The molecular weight excluding hydrogens is 191 g/mol. The number of rotatable bonds is 2. The molecule has 0 aliphatic carbocycles. The van der Waals surface area contributed by atoms with Gasteiger partial charge in [0.05, 0.1) is 0 Å². The van der Waals surface area contributed by atoms with E-state index in [9.17, 15) is 9.59 Å². The fourth-order valence-electron chi connectivity index (χ4n) is 0. The Morgan fingerprint density at radius 2 is 1.08 bits per heavy atom. The van der Waals surface area contributed by atoms with Crippen molar-refractivity contribution in [1.29, 1.82) is 0 Å². The molecule has 13 heavy (non-hydrogen) atoms. The molecule has 0 aromatic rings. The first-order chi connectivity index (χ1) is 5.29. The molecule has 7 heteroatoms. The third-order valence-electron chi connectivity index (χ3n) is 0.715. The molecule has 0 spiro atoms. The van der Waals surface area contributed by atoms with Crippen LogP contribution in [0.2, 0.25) is 0 Å². The van der Waals surface area contributed by atoms with Crippen LogP contribution in [0.15, 0.2) is 0 Å². The summed E-state index contributed by atoms with van der Waals surface area (Å²) in [7, 11) is 0. The van der Waals surface area contributed by atoms with E-state index in [1.807, 2.05) is 0 Å². The molecule has 0 bridgehead atoms. The summed E-state index contributed by atoms with van der Waals surface area (Å²) in [4.78, 5) is 18.9. The Labute approximate surface area is 99.0 Å². The molecule has 0 heterocycles. The SMILES string of the molecule is CC(O)C(=O)O.C[C@@H](O)C(=O)O.[H-].[Na+]. The topological polar surface area (TPSA) is 115 Å². The number of carboxylic acids is 2. The van der Waals surface area contributed by atoms with Crippen LogP contribution in [0.4, 0.5) is 0 Å². The maximum Gasteiger partial charge on any atom is 1.00 e. The number of aliphatic hydroxyl groups is 2. The van der Waals surface area contributed by atoms with Crippen molar-refractivity contribution in [3.63, 3.8) is 0 Å². The van der Waals surface area contributed by atoms with Crippen LogP contribution < -0.4 is 29.6 Å². The van der Waals surface area contributed by atoms with Crippen LogP contribution in [0.3, 0.4) is 0 Å². The number of hydrogen-bond donors (Lipinski definition) is 4. The molecule has 0 saturated heterocycles. The largest absolute Gasteiger partial charge is 1.00 e. The first-order valence-corrected chi connectivity index (χ1v) is 3.10. The fourth-order valence-corrected chi connectivity index (χ4v) is 0. The second kappa shape index (κ2) is 9.94. The van der Waals surface area contributed by atoms with E-state index in [-0.39, 0.29) is 31.0 Å². The number of hydrogen-bond acceptors (Lipinski definition) is 4. The molecule has 0 aromatic heterocycles. The minimum absolute atomic E-state index is 0. The molecule has 0 rings (SSSR count). The summed E-state index contributed by atoms with van der Waals surface area (Å²) in [5, 5.41) is 31.5. The second-order valence-corrected chi connectivity index (χ2v) is 2.03. The Bertz CT molecular complexity index is 142. The molecule has 4 N–H and O–H groups in total. The fraction of sp³-hybridized carbons (Fsp3) is 0.667. The van der Waals surface area contributed by atoms with Gasteiger partial charge in [-0.05, 0) is 13.8 Å². The van der Waals surface area contributed by atoms with Crippen LogP contribution >= 0.6 is 0 Å². The Kier molecular flexibility index (Phi) is 14.2. The first-order valence-electron chi connectivity index (χ1n) is 3.10. The van der Waals surface area contributed by atoms with Gasteiger partial charge in [-0.15, -0.1) is 0 Å². The van der Waals surface area contributed by atoms with E-state index in [1.54, 1.807) is 0 Å². The van der Waals surface area contributed by atoms with Crippen LogP contribution in [-0.4, -0.2) is 44.6 Å². The zero-order chi connectivity index (χ0) is 10.3. The van der Waals surface area contributed by atoms with E-state index in [2.05, 4.69) is 0 Å². The second-order valence-electron chi connectivity index (χ2n) is 2.03. The van der Waals surface area contributed by atoms with Gasteiger partial charge in [0.15, 0.2) is 0 Å². The van der Waals surface area contributed by atoms with E-state index in [0.717, 1.165) is 0 Å². The molecule has 6 nitrogen and oxygen atoms in total. The van der Waals surface area contributed by atoms with Crippen molar-refractivity contribution in [2.45, 2.75) is 26.1 Å². The molecule has 1 unspecified atom stereocenters. The normalized spacial score (nSPS) is 12.6. The molecule has 0 fully saturated rings. The number of carbonyl (C=O) groups is 2. The van der Waals surface area contributed by atoms with Crippen molar-refractivity contribution < 1.29 is 61.0 Å². The zero-order valence-corrected chi connectivity index (χ0v) is 9.76. The summed E-state index contributed by atoms with van der Waals surface area (Å²) < 4.78 is 0. The monoisotopic (exact) mass is 204 g/mol. The summed E-state index contributed by atoms with van der Waals surface area (Å²) in [6.45, 7) is 2.39. The van der Waals surface area contributed by atoms with Crippen LogP contribution in [0.1, 0.15) is 15.3 Å². The van der Waals surface area contributed by atoms with Gasteiger partial charge >= 0.3 is 41.5 Å². The Balaban J connectivity index is -0.0000000625. The third kappa shape index (κ3) is 18.7. The summed E-state index contributed by atoms with van der Waals surface area (Å²) >= 11 is 0. The van der Waals surface area contributed by atoms with E-state index in [0.29, 0.717) is 0 Å². The van der Waals surface area contributed by atoms with Crippen LogP contribution in [-0.2, 0) is 9.59 Å². The molecular formula is C6H13NaO6. The van der Waals surface area contributed by atoms with Crippen molar-refractivity contribution in [1.82, 2.24) is 0 Å². The number of aliphatic hydroxyl groups excluding tert-OH is 2. The zero-order valence-electron chi connectivity index (χ0n) is 8.76. The number of aliphatic carboxylic acids is 2. The van der Waals surface area contributed by atoms with E-state index >= 15 is 0 Å². The van der Waals surface area contributed by atoms with Crippen LogP contribution in [0.25, 0.3) is 0 Å². The Morgan fingerprint density at radius 1 is 1.00 bits per heavy atom. The average Bonchev–Trinajstić information content (AvgIpc) is 1.88. The summed E-state index contributed by atoms with van der Waals surface area (Å²) in [5.41, 5.74) is 0. The summed E-state index contributed by atoms with van der Waals surface area (Å²) in [5.74, 6) is -2.37. The summed E-state index contributed by atoms with van der Waals surface area (Å²) in [6, 6.07) is 0. The molecule has 0 aromatic carbocycles. The van der Waals surface area contributed by atoms with E-state index in [1.165, 1.54) is 13.8 Å². The predicted molar refractivity (Wildman–Crippen MR) is 39.7 cm³/mol. The van der Waals surface area contributed by atoms with Crippen molar-refractivity contribution >= 4 is 11.9 Å². The van der Waals surface area contributed by atoms with Crippen LogP contribution in [0, 0.1) is 0 Å². The molecule has 0 saturated carbocycles. The van der Waals surface area contributed by atoms with Gasteiger partial charge < -0.3 is 21.9 Å². The van der Waals surface area contributed by atoms with Gasteiger partial charge in [0.25, 0.3) is 0 Å². The Hall–Kier alpha value is -0.140. The molecule has 0 radical (unpaired) electrons. The van der Waals surface area contributed by atoms with E-state index < -0.39 is 24.1 Å². The van der Waals surface area contributed by atoms with Crippen molar-refractivity contribution in [3.05, 3.63) is 0 Å². The van der Waals surface area contributed by atoms with Gasteiger partial charge in [-0.3, -0.25) is 0 Å². The number of carboxylic acid groups (broad SMARTS) is 2. The average molecular weight is 204 g/mol. The van der Waals surface area contributed by atoms with Gasteiger partial charge in [-0.1, -0.05) is 0 Å². The molecule has 0 aliphatic rings. The molecule has 0 aliphatic heterocycles. The summed E-state index contributed by atoms with van der Waals surface area (Å²) in [6.07, 6.45) is -2.46. The van der Waals surface area contributed by atoms with Gasteiger partial charge in [-0.2, -0.15) is 0 Å². The smallest absolute Gasteiger partial charge is 1.00 e. The van der Waals surface area contributed by atoms with Gasteiger partial charge in [0, 0.05) is 0 Å². The minimum Gasteiger partial charge on any atom is -1.00 e. The van der Waals surface area contributed by atoms with E-state index in [4.69, 9.17) is 20.4 Å². The van der Waals surface area contributed by atoms with Crippen LogP contribution in [0.5, 0.6) is 0 Å². The minimum atomic E-state index is -1.23. The molecule has 74 valence electrons. The standard InChI is InChI=1S/2C3H6O3.Na.H/c2*1-2(4)3(5)6;;/h2*2,4H,1H3,(H,5,6);;/q;;+1;-1/t2-;;;/m1.../s1. The maximum atomic E-state index is 9.45. The van der Waals surface area contributed by atoms with Gasteiger partial charge in [0.1, 0.15) is 12.2 Å². The molecule has 2 atom stereocenters.